The maximum Gasteiger partial charge on any atom is 0.185 e. The van der Waals surface area contributed by atoms with E-state index in [2.05, 4.69) is 19.6 Å². The molecular weight excluding hydrogens is 296 g/mol. The van der Waals surface area contributed by atoms with Crippen LogP contribution in [0.2, 0.25) is 19.6 Å². The van der Waals surface area contributed by atoms with Gasteiger partial charge in [-0.15, -0.1) is 0 Å². The molecule has 4 nitrogen and oxygen atoms in total. The zero-order valence-electron chi connectivity index (χ0n) is 14.1. The van der Waals surface area contributed by atoms with Crippen LogP contribution in [-0.2, 0) is 18.7 Å². The number of carbonyl (C=O) groups excluding carboxylic acids is 1. The lowest BCUT2D eigenvalue weighted by molar-refractivity contribution is -0.175. The van der Waals surface area contributed by atoms with Crippen LogP contribution in [0.15, 0.2) is 12.0 Å². The number of ether oxygens (including phenoxy) is 2. The molecule has 0 bridgehead atoms. The van der Waals surface area contributed by atoms with Crippen molar-refractivity contribution in [1.82, 2.24) is 0 Å². The monoisotopic (exact) mass is 324 g/mol. The molecule has 3 rings (SSSR count). The summed E-state index contributed by atoms with van der Waals surface area (Å²) in [4.78, 5) is 12.8. The number of Topliss-reactive ketones (excluding diaryl/α,β-unsaturated/α-hetero) is 1. The van der Waals surface area contributed by atoms with E-state index in [1.54, 1.807) is 6.26 Å². The zero-order valence-corrected chi connectivity index (χ0v) is 15.1. The predicted molar refractivity (Wildman–Crippen MR) is 86.9 cm³/mol. The predicted octanol–water partition coefficient (Wildman–Crippen LogP) is 3.78. The molecule has 0 aromatic rings. The molecule has 22 heavy (non-hydrogen) atoms. The molecular formula is C17H28O4Si. The van der Waals surface area contributed by atoms with Crippen LogP contribution in [0.25, 0.3) is 0 Å². The number of ketones is 1. The third-order valence-corrected chi connectivity index (χ3v) is 6.20. The van der Waals surface area contributed by atoms with Gasteiger partial charge in [-0.05, 0) is 38.9 Å². The number of carbonyl (C=O) groups is 1. The van der Waals surface area contributed by atoms with Crippen molar-refractivity contribution in [3.8, 4) is 0 Å². The van der Waals surface area contributed by atoms with Crippen molar-refractivity contribution in [3.05, 3.63) is 12.0 Å². The highest BCUT2D eigenvalue weighted by Gasteiger charge is 2.65. The fourth-order valence-electron chi connectivity index (χ4n) is 4.31. The van der Waals surface area contributed by atoms with Gasteiger partial charge in [0, 0.05) is 6.42 Å². The van der Waals surface area contributed by atoms with E-state index in [0.29, 0.717) is 19.6 Å². The minimum Gasteiger partial charge on any atom is -0.494 e. The van der Waals surface area contributed by atoms with Gasteiger partial charge in [0.15, 0.2) is 14.1 Å². The molecule has 3 aliphatic rings. The lowest BCUT2D eigenvalue weighted by atomic mass is 9.54. The van der Waals surface area contributed by atoms with Crippen molar-refractivity contribution in [1.29, 1.82) is 0 Å². The Balaban J connectivity index is 2.03. The summed E-state index contributed by atoms with van der Waals surface area (Å²) in [6.07, 6.45) is 8.66. The molecule has 2 fully saturated rings. The molecule has 124 valence electrons. The van der Waals surface area contributed by atoms with Crippen LogP contribution in [-0.4, -0.2) is 32.9 Å². The second-order valence-electron chi connectivity index (χ2n) is 7.81. The Morgan fingerprint density at radius 1 is 1.09 bits per heavy atom. The van der Waals surface area contributed by atoms with Crippen molar-refractivity contribution >= 4 is 14.1 Å². The van der Waals surface area contributed by atoms with Crippen molar-refractivity contribution < 1.29 is 18.7 Å². The third-order valence-electron chi connectivity index (χ3n) is 5.24. The topological polar surface area (TPSA) is 44.8 Å². The van der Waals surface area contributed by atoms with Crippen LogP contribution in [0.4, 0.5) is 0 Å². The van der Waals surface area contributed by atoms with E-state index in [4.69, 9.17) is 13.9 Å². The highest BCUT2D eigenvalue weighted by atomic mass is 28.4. The summed E-state index contributed by atoms with van der Waals surface area (Å²) in [7, 11) is -1.84. The Hall–Kier alpha value is -0.813. The van der Waals surface area contributed by atoms with Gasteiger partial charge >= 0.3 is 0 Å². The first-order valence-corrected chi connectivity index (χ1v) is 12.0. The Kier molecular flexibility index (Phi) is 4.14. The summed E-state index contributed by atoms with van der Waals surface area (Å²) < 4.78 is 18.1. The number of hydrogen-bond acceptors (Lipinski definition) is 4. The second kappa shape index (κ2) is 5.68. The molecule has 1 unspecified atom stereocenters. The van der Waals surface area contributed by atoms with Crippen LogP contribution in [0.5, 0.6) is 0 Å². The Morgan fingerprint density at radius 3 is 2.27 bits per heavy atom. The Bertz CT molecular complexity index is 474. The minimum absolute atomic E-state index is 0.270. The molecule has 0 aromatic carbocycles. The van der Waals surface area contributed by atoms with E-state index in [9.17, 15) is 4.79 Å². The minimum atomic E-state index is -1.84. The second-order valence-corrected chi connectivity index (χ2v) is 12.2. The third kappa shape index (κ3) is 2.52. The normalized spacial score (nSPS) is 31.6. The smallest absolute Gasteiger partial charge is 0.185 e. The van der Waals surface area contributed by atoms with E-state index in [-0.39, 0.29) is 11.2 Å². The van der Waals surface area contributed by atoms with Crippen molar-refractivity contribution in [3.63, 3.8) is 0 Å². The van der Waals surface area contributed by atoms with Gasteiger partial charge in [0.2, 0.25) is 0 Å². The van der Waals surface area contributed by atoms with Crippen LogP contribution < -0.4 is 0 Å². The quantitative estimate of drug-likeness (QED) is 0.738. The Morgan fingerprint density at radius 2 is 1.82 bits per heavy atom. The molecule has 0 radical (unpaired) electrons. The summed E-state index contributed by atoms with van der Waals surface area (Å²) in [5.74, 6) is 1.14. The van der Waals surface area contributed by atoms with Gasteiger partial charge in [0.25, 0.3) is 0 Å². The van der Waals surface area contributed by atoms with E-state index in [1.807, 2.05) is 0 Å². The summed E-state index contributed by atoms with van der Waals surface area (Å²) in [5.41, 5.74) is -0.967. The summed E-state index contributed by atoms with van der Waals surface area (Å²) >= 11 is 0. The van der Waals surface area contributed by atoms with Crippen molar-refractivity contribution in [2.24, 2.45) is 5.41 Å². The maximum absolute atomic E-state index is 12.8. The van der Waals surface area contributed by atoms with Gasteiger partial charge < -0.3 is 13.9 Å². The van der Waals surface area contributed by atoms with Crippen molar-refractivity contribution in [2.75, 3.05) is 13.2 Å². The van der Waals surface area contributed by atoms with Gasteiger partial charge in [-0.25, -0.2) is 0 Å². The van der Waals surface area contributed by atoms with Crippen LogP contribution in [0.1, 0.15) is 44.9 Å². The van der Waals surface area contributed by atoms with Crippen LogP contribution in [0, 0.1) is 5.41 Å². The first-order chi connectivity index (χ1) is 10.4. The SMILES string of the molecule is C[Si](C)(C)OC1(C2(C3=COCCO3)CCCCC2)CCC1=O. The van der Waals surface area contributed by atoms with Crippen LogP contribution >= 0.6 is 0 Å². The van der Waals surface area contributed by atoms with Gasteiger partial charge in [-0.2, -0.15) is 0 Å². The fraction of sp³-hybridized carbons (Fsp3) is 0.824. The summed E-state index contributed by atoms with van der Waals surface area (Å²) in [6, 6.07) is 0. The van der Waals surface area contributed by atoms with E-state index in [0.717, 1.165) is 37.9 Å². The van der Waals surface area contributed by atoms with Gasteiger partial charge in [-0.3, -0.25) is 4.79 Å². The molecule has 0 aromatic heterocycles. The van der Waals surface area contributed by atoms with Gasteiger partial charge in [0.05, 0.1) is 5.41 Å². The van der Waals surface area contributed by atoms with E-state index in [1.165, 1.54) is 6.42 Å². The molecule has 0 spiro atoms. The Labute approximate surface area is 134 Å². The van der Waals surface area contributed by atoms with Crippen LogP contribution in [0.3, 0.4) is 0 Å². The molecule has 0 amide bonds. The van der Waals surface area contributed by atoms with Gasteiger partial charge in [0.1, 0.15) is 30.8 Å². The average Bonchev–Trinajstić information content (AvgIpc) is 2.51. The number of rotatable bonds is 4. The summed E-state index contributed by atoms with van der Waals surface area (Å²) in [6.45, 7) is 7.68. The lowest BCUT2D eigenvalue weighted by Gasteiger charge is -2.58. The highest BCUT2D eigenvalue weighted by Crippen LogP contribution is 2.59. The average molecular weight is 324 g/mol. The lowest BCUT2D eigenvalue weighted by Crippen LogP contribution is -2.66. The molecule has 2 saturated carbocycles. The molecule has 1 aliphatic heterocycles. The maximum atomic E-state index is 12.8. The first kappa shape index (κ1) is 16.1. The molecule has 0 saturated heterocycles. The van der Waals surface area contributed by atoms with E-state index < -0.39 is 13.9 Å². The molecule has 1 atom stereocenters. The fourth-order valence-corrected chi connectivity index (χ4v) is 5.77. The molecule has 2 aliphatic carbocycles. The van der Waals surface area contributed by atoms with E-state index >= 15 is 0 Å². The largest absolute Gasteiger partial charge is 0.494 e. The zero-order chi connectivity index (χ0) is 15.8. The number of hydrogen-bond donors (Lipinski definition) is 0. The summed E-state index contributed by atoms with van der Waals surface area (Å²) in [5, 5.41) is 0. The van der Waals surface area contributed by atoms with Gasteiger partial charge in [-0.1, -0.05) is 19.3 Å². The molecule has 5 heteroatoms. The highest BCUT2D eigenvalue weighted by molar-refractivity contribution is 6.70. The molecule has 0 N–H and O–H groups in total. The van der Waals surface area contributed by atoms with Crippen molar-refractivity contribution in [2.45, 2.75) is 70.2 Å². The first-order valence-electron chi connectivity index (χ1n) is 8.58. The molecule has 1 heterocycles. The standard InChI is InChI=1S/C17H28O4Si/c1-22(2,3)21-17(10-7-14(17)18)16(8-5-4-6-9-16)15-13-19-11-12-20-15/h13H,4-12H2,1-3H3.